The molecule has 0 saturated carbocycles. The molecule has 0 atom stereocenters. The highest BCUT2D eigenvalue weighted by molar-refractivity contribution is 7.89. The van der Waals surface area contributed by atoms with Crippen LogP contribution >= 0.6 is 0 Å². The Hall–Kier alpha value is -2.69. The lowest BCUT2D eigenvalue weighted by Gasteiger charge is -2.27. The van der Waals surface area contributed by atoms with Crippen LogP contribution in [0.2, 0.25) is 0 Å². The van der Waals surface area contributed by atoms with Gasteiger partial charge in [-0.25, -0.2) is 13.4 Å². The molecule has 1 aliphatic rings. The van der Waals surface area contributed by atoms with Crippen LogP contribution in [0.3, 0.4) is 0 Å². The first-order chi connectivity index (χ1) is 16.4. The maximum absolute atomic E-state index is 13.3. The van der Waals surface area contributed by atoms with Gasteiger partial charge < -0.3 is 19.6 Å². The molecule has 10 heteroatoms. The fourth-order valence-corrected chi connectivity index (χ4v) is 5.79. The van der Waals surface area contributed by atoms with Gasteiger partial charge >= 0.3 is 0 Å². The highest BCUT2D eigenvalue weighted by atomic mass is 32.2. The fraction of sp³-hybridized carbons (Fsp3) is 0.500. The predicted molar refractivity (Wildman–Crippen MR) is 133 cm³/mol. The number of piperazine rings is 1. The van der Waals surface area contributed by atoms with Crippen molar-refractivity contribution in [1.82, 2.24) is 24.2 Å². The summed E-state index contributed by atoms with van der Waals surface area (Å²) in [5.74, 6) is 0.808. The second-order valence-electron chi connectivity index (χ2n) is 8.46. The van der Waals surface area contributed by atoms with Gasteiger partial charge in [0.1, 0.15) is 17.1 Å². The number of ether oxygens (including phenoxy) is 1. The Morgan fingerprint density at radius 2 is 1.88 bits per heavy atom. The lowest BCUT2D eigenvalue weighted by molar-refractivity contribution is 0.318. The molecule has 0 aliphatic carbocycles. The second kappa shape index (κ2) is 10.3. The van der Waals surface area contributed by atoms with E-state index in [1.54, 1.807) is 18.2 Å². The van der Waals surface area contributed by atoms with Crippen molar-refractivity contribution >= 4 is 21.1 Å². The summed E-state index contributed by atoms with van der Waals surface area (Å²) in [6.45, 7) is 9.27. The molecule has 9 nitrogen and oxygen atoms in total. The molecule has 2 N–H and O–H groups in total. The average molecular weight is 488 g/mol. The van der Waals surface area contributed by atoms with E-state index in [4.69, 9.17) is 9.72 Å². The monoisotopic (exact) mass is 487 g/mol. The Morgan fingerprint density at radius 1 is 1.12 bits per heavy atom. The predicted octanol–water partition coefficient (Wildman–Crippen LogP) is 2.75. The van der Waals surface area contributed by atoms with E-state index in [0.717, 1.165) is 24.8 Å². The zero-order valence-corrected chi connectivity index (χ0v) is 20.9. The number of H-pyrrole nitrogens is 1. The summed E-state index contributed by atoms with van der Waals surface area (Å²) in [4.78, 5) is 21.0. The number of fused-ring (bicyclic) bond motifs is 1. The topological polar surface area (TPSA) is 109 Å². The standard InChI is InChI=1S/C24H33N5O4S/c1-4-7-17-16-28(6-3)22-21(17)26-23(27-24(22)30)19-15-18(8-9-20(19)33-14-5-2)34(31,32)29-12-10-25-11-13-29/h8-9,15-16,25H,4-7,10-14H2,1-3H3,(H,26,27,30). The number of sulfonamides is 1. The van der Waals surface area contributed by atoms with E-state index in [1.165, 1.54) is 4.31 Å². The Labute approximate surface area is 200 Å². The number of aryl methyl sites for hydroxylation is 2. The molecular formula is C24H33N5O4S. The van der Waals surface area contributed by atoms with Gasteiger partial charge in [-0.3, -0.25) is 4.79 Å². The summed E-state index contributed by atoms with van der Waals surface area (Å²) >= 11 is 0. The van der Waals surface area contributed by atoms with E-state index in [0.29, 0.717) is 67.5 Å². The van der Waals surface area contributed by atoms with Crippen molar-refractivity contribution < 1.29 is 13.2 Å². The van der Waals surface area contributed by atoms with Crippen LogP contribution in [0.4, 0.5) is 0 Å². The van der Waals surface area contributed by atoms with Crippen LogP contribution in [-0.4, -0.2) is 60.0 Å². The van der Waals surface area contributed by atoms with Crippen molar-refractivity contribution in [3.63, 3.8) is 0 Å². The van der Waals surface area contributed by atoms with Crippen LogP contribution in [0.5, 0.6) is 5.75 Å². The molecule has 1 aromatic carbocycles. The molecule has 0 bridgehead atoms. The fourth-order valence-electron chi connectivity index (χ4n) is 4.33. The summed E-state index contributed by atoms with van der Waals surface area (Å²) in [6, 6.07) is 4.80. The van der Waals surface area contributed by atoms with Gasteiger partial charge in [-0.05, 0) is 43.5 Å². The SMILES string of the molecule is CCCOc1ccc(S(=O)(=O)N2CCNCC2)cc1-c1nc2c(CCC)cn(CC)c2c(=O)[nH]1. The van der Waals surface area contributed by atoms with Crippen molar-refractivity contribution in [3.8, 4) is 17.1 Å². The Bertz CT molecular complexity index is 1320. The molecule has 0 amide bonds. The molecule has 1 saturated heterocycles. The maximum atomic E-state index is 13.3. The van der Waals surface area contributed by atoms with E-state index in [2.05, 4.69) is 17.2 Å². The number of hydrogen-bond acceptors (Lipinski definition) is 6. The Kier molecular flexibility index (Phi) is 7.39. The van der Waals surface area contributed by atoms with E-state index in [9.17, 15) is 13.2 Å². The Morgan fingerprint density at radius 3 is 2.56 bits per heavy atom. The van der Waals surface area contributed by atoms with E-state index in [-0.39, 0.29) is 10.5 Å². The highest BCUT2D eigenvalue weighted by Crippen LogP contribution is 2.32. The maximum Gasteiger partial charge on any atom is 0.275 e. The van der Waals surface area contributed by atoms with Crippen molar-refractivity contribution in [3.05, 3.63) is 40.3 Å². The number of aromatic amines is 1. The van der Waals surface area contributed by atoms with Crippen LogP contribution < -0.4 is 15.6 Å². The first-order valence-corrected chi connectivity index (χ1v) is 13.4. The van der Waals surface area contributed by atoms with Gasteiger partial charge in [-0.2, -0.15) is 4.31 Å². The number of aromatic nitrogens is 3. The van der Waals surface area contributed by atoms with E-state index >= 15 is 0 Å². The van der Waals surface area contributed by atoms with E-state index < -0.39 is 10.0 Å². The summed E-state index contributed by atoms with van der Waals surface area (Å²) in [5, 5.41) is 3.18. The van der Waals surface area contributed by atoms with Gasteiger partial charge in [0.25, 0.3) is 5.56 Å². The van der Waals surface area contributed by atoms with Crippen LogP contribution in [0.15, 0.2) is 34.1 Å². The van der Waals surface area contributed by atoms with Gasteiger partial charge in [0.05, 0.1) is 22.6 Å². The van der Waals surface area contributed by atoms with Crippen LogP contribution in [0.25, 0.3) is 22.4 Å². The number of hydrogen-bond donors (Lipinski definition) is 2. The number of benzene rings is 1. The molecular weight excluding hydrogens is 454 g/mol. The quantitative estimate of drug-likeness (QED) is 0.480. The first kappa shape index (κ1) is 24.4. The van der Waals surface area contributed by atoms with Crippen LogP contribution in [0, 0.1) is 0 Å². The van der Waals surface area contributed by atoms with Crippen molar-refractivity contribution in [2.75, 3.05) is 32.8 Å². The summed E-state index contributed by atoms with van der Waals surface area (Å²) in [6.07, 6.45) is 4.51. The third kappa shape index (κ3) is 4.62. The number of nitrogens with zero attached hydrogens (tertiary/aromatic N) is 3. The normalized spacial score (nSPS) is 15.1. The summed E-state index contributed by atoms with van der Waals surface area (Å²) in [5.41, 5.74) is 2.42. The largest absolute Gasteiger partial charge is 0.493 e. The molecule has 2 aromatic heterocycles. The molecule has 184 valence electrons. The summed E-state index contributed by atoms with van der Waals surface area (Å²) < 4.78 is 36.0. The molecule has 0 spiro atoms. The minimum absolute atomic E-state index is 0.163. The Balaban J connectivity index is 1.88. The van der Waals surface area contributed by atoms with Gasteiger partial charge in [-0.15, -0.1) is 0 Å². The third-order valence-electron chi connectivity index (χ3n) is 6.04. The first-order valence-electron chi connectivity index (χ1n) is 12.0. The molecule has 1 fully saturated rings. The highest BCUT2D eigenvalue weighted by Gasteiger charge is 2.27. The van der Waals surface area contributed by atoms with Gasteiger partial charge in [-0.1, -0.05) is 20.3 Å². The minimum Gasteiger partial charge on any atom is -0.493 e. The second-order valence-corrected chi connectivity index (χ2v) is 10.4. The van der Waals surface area contributed by atoms with Crippen molar-refractivity contribution in [1.29, 1.82) is 0 Å². The molecule has 1 aliphatic heterocycles. The third-order valence-corrected chi connectivity index (χ3v) is 7.93. The average Bonchev–Trinajstić information content (AvgIpc) is 3.21. The molecule has 3 heterocycles. The van der Waals surface area contributed by atoms with Crippen molar-refractivity contribution in [2.45, 2.75) is 51.5 Å². The molecule has 34 heavy (non-hydrogen) atoms. The van der Waals surface area contributed by atoms with Gasteiger partial charge in [0, 0.05) is 38.9 Å². The number of rotatable bonds is 9. The van der Waals surface area contributed by atoms with Crippen molar-refractivity contribution in [2.24, 2.45) is 0 Å². The molecule has 4 rings (SSSR count). The smallest absolute Gasteiger partial charge is 0.275 e. The number of nitrogens with one attached hydrogen (secondary N) is 2. The van der Waals surface area contributed by atoms with Gasteiger partial charge in [0.15, 0.2) is 0 Å². The zero-order valence-electron chi connectivity index (χ0n) is 20.1. The molecule has 3 aromatic rings. The van der Waals surface area contributed by atoms with Crippen LogP contribution in [0.1, 0.15) is 39.2 Å². The summed E-state index contributed by atoms with van der Waals surface area (Å²) in [7, 11) is -3.69. The van der Waals surface area contributed by atoms with Crippen LogP contribution in [-0.2, 0) is 23.0 Å². The zero-order chi connectivity index (χ0) is 24.3. The lowest BCUT2D eigenvalue weighted by Crippen LogP contribution is -2.46. The molecule has 0 radical (unpaired) electrons. The molecule has 0 unspecified atom stereocenters. The lowest BCUT2D eigenvalue weighted by atomic mass is 10.1. The van der Waals surface area contributed by atoms with E-state index in [1.807, 2.05) is 24.6 Å². The minimum atomic E-state index is -3.69. The van der Waals surface area contributed by atoms with Gasteiger partial charge in [0.2, 0.25) is 10.0 Å².